The second kappa shape index (κ2) is 9.36. The monoisotopic (exact) mass is 393 g/mol. The van der Waals surface area contributed by atoms with Gasteiger partial charge in [0.2, 0.25) is 17.1 Å². The Balaban J connectivity index is 1.58. The van der Waals surface area contributed by atoms with E-state index in [2.05, 4.69) is 5.32 Å². The van der Waals surface area contributed by atoms with Gasteiger partial charge in [-0.1, -0.05) is 36.4 Å². The molecule has 0 fully saturated rings. The number of anilines is 1. The van der Waals surface area contributed by atoms with E-state index in [0.29, 0.717) is 5.69 Å². The van der Waals surface area contributed by atoms with Crippen LogP contribution in [0.4, 0.5) is 5.69 Å². The number of rotatable bonds is 7. The van der Waals surface area contributed by atoms with E-state index in [0.717, 1.165) is 5.56 Å². The number of carbonyl (C=O) groups is 2. The van der Waals surface area contributed by atoms with E-state index in [4.69, 9.17) is 13.9 Å². The van der Waals surface area contributed by atoms with Crippen molar-refractivity contribution in [1.29, 1.82) is 0 Å². The predicted octanol–water partition coefficient (Wildman–Crippen LogP) is 3.53. The number of ether oxygens (including phenoxy) is 2. The summed E-state index contributed by atoms with van der Waals surface area (Å²) in [7, 11) is 0. The van der Waals surface area contributed by atoms with Gasteiger partial charge in [-0.05, 0) is 23.8 Å². The Kier molecular flexibility index (Phi) is 6.42. The molecule has 1 amide bonds. The molecule has 0 saturated heterocycles. The van der Waals surface area contributed by atoms with E-state index in [-0.39, 0.29) is 41.6 Å². The van der Waals surface area contributed by atoms with Gasteiger partial charge in [-0.2, -0.15) is 0 Å². The fourth-order valence-corrected chi connectivity index (χ4v) is 2.50. The van der Waals surface area contributed by atoms with Gasteiger partial charge in [0, 0.05) is 18.7 Å². The Morgan fingerprint density at radius 1 is 1.00 bits per heavy atom. The Bertz CT molecular complexity index is 1060. The molecule has 0 aliphatic rings. The van der Waals surface area contributed by atoms with E-state index >= 15 is 0 Å². The molecular weight excluding hydrogens is 374 g/mol. The van der Waals surface area contributed by atoms with Crippen molar-refractivity contribution < 1.29 is 23.5 Å². The van der Waals surface area contributed by atoms with Gasteiger partial charge in [0.1, 0.15) is 25.2 Å². The summed E-state index contributed by atoms with van der Waals surface area (Å²) < 4.78 is 16.0. The van der Waals surface area contributed by atoms with Crippen LogP contribution in [0.1, 0.15) is 28.6 Å². The molecule has 0 radical (unpaired) electrons. The number of amides is 1. The lowest BCUT2D eigenvalue weighted by Crippen LogP contribution is -2.11. The van der Waals surface area contributed by atoms with Gasteiger partial charge < -0.3 is 19.2 Å². The summed E-state index contributed by atoms with van der Waals surface area (Å²) in [5.74, 6) is -0.587. The maximum Gasteiger partial charge on any atom is 0.338 e. The topological polar surface area (TPSA) is 94.8 Å². The number of esters is 1. The van der Waals surface area contributed by atoms with Crippen LogP contribution in [0, 0.1) is 0 Å². The molecule has 3 aromatic rings. The summed E-state index contributed by atoms with van der Waals surface area (Å²) in [6, 6.07) is 17.0. The van der Waals surface area contributed by atoms with E-state index in [9.17, 15) is 14.4 Å². The molecule has 0 aliphatic carbocycles. The minimum absolute atomic E-state index is 0.0759. The largest absolute Gasteiger partial charge is 0.482 e. The molecule has 7 heteroatoms. The molecular formula is C22H19NO6. The highest BCUT2D eigenvalue weighted by Gasteiger charge is 2.11. The Hall–Kier alpha value is -3.87. The zero-order valence-electron chi connectivity index (χ0n) is 15.7. The first-order chi connectivity index (χ1) is 14.0. The van der Waals surface area contributed by atoms with E-state index in [1.807, 2.05) is 30.3 Å². The third-order valence-corrected chi connectivity index (χ3v) is 3.85. The van der Waals surface area contributed by atoms with Gasteiger partial charge in [0.05, 0.1) is 5.56 Å². The molecule has 0 saturated carbocycles. The standard InChI is InChI=1S/C22H19NO6/c1-15(24)23-18-9-5-8-17(10-18)22(26)29-13-19-11-20(25)21(14-27-19)28-12-16-6-3-2-4-7-16/h2-11,14H,12-13H2,1H3,(H,23,24). The highest BCUT2D eigenvalue weighted by Crippen LogP contribution is 2.14. The van der Waals surface area contributed by atoms with Crippen LogP contribution in [0.5, 0.6) is 5.75 Å². The van der Waals surface area contributed by atoms with Crippen LogP contribution in [-0.2, 0) is 22.7 Å². The first kappa shape index (κ1) is 19.9. The van der Waals surface area contributed by atoms with Crippen LogP contribution in [0.25, 0.3) is 0 Å². The smallest absolute Gasteiger partial charge is 0.338 e. The zero-order valence-corrected chi connectivity index (χ0v) is 15.7. The minimum Gasteiger partial charge on any atom is -0.482 e. The maximum absolute atomic E-state index is 12.2. The van der Waals surface area contributed by atoms with Gasteiger partial charge >= 0.3 is 5.97 Å². The molecule has 2 aromatic carbocycles. The maximum atomic E-state index is 12.2. The minimum atomic E-state index is -0.607. The summed E-state index contributed by atoms with van der Waals surface area (Å²) in [6.07, 6.45) is 1.20. The second-order valence-corrected chi connectivity index (χ2v) is 6.19. The highest BCUT2D eigenvalue weighted by atomic mass is 16.5. The molecule has 7 nitrogen and oxygen atoms in total. The Labute approximate surface area is 166 Å². The van der Waals surface area contributed by atoms with E-state index in [1.54, 1.807) is 18.2 Å². The fourth-order valence-electron chi connectivity index (χ4n) is 2.50. The molecule has 1 aromatic heterocycles. The summed E-state index contributed by atoms with van der Waals surface area (Å²) >= 11 is 0. The molecule has 0 aliphatic heterocycles. The summed E-state index contributed by atoms with van der Waals surface area (Å²) in [6.45, 7) is 1.40. The summed E-state index contributed by atoms with van der Waals surface area (Å²) in [5.41, 5.74) is 1.30. The lowest BCUT2D eigenvalue weighted by molar-refractivity contribution is -0.114. The van der Waals surface area contributed by atoms with Crippen LogP contribution >= 0.6 is 0 Å². The van der Waals surface area contributed by atoms with Crippen LogP contribution in [0.15, 0.2) is 76.1 Å². The predicted molar refractivity (Wildman–Crippen MR) is 106 cm³/mol. The van der Waals surface area contributed by atoms with Crippen molar-refractivity contribution in [2.45, 2.75) is 20.1 Å². The number of benzene rings is 2. The highest BCUT2D eigenvalue weighted by molar-refractivity contribution is 5.93. The number of carbonyl (C=O) groups excluding carboxylic acids is 2. The average molecular weight is 393 g/mol. The van der Waals surface area contributed by atoms with Crippen molar-refractivity contribution in [1.82, 2.24) is 0 Å². The molecule has 29 heavy (non-hydrogen) atoms. The molecule has 3 rings (SSSR count). The molecule has 0 unspecified atom stereocenters. The van der Waals surface area contributed by atoms with Crippen molar-refractivity contribution in [3.05, 3.63) is 94.0 Å². The fraction of sp³-hybridized carbons (Fsp3) is 0.136. The Morgan fingerprint density at radius 3 is 2.52 bits per heavy atom. The van der Waals surface area contributed by atoms with Gasteiger partial charge in [-0.25, -0.2) is 4.79 Å². The van der Waals surface area contributed by atoms with E-state index < -0.39 is 5.97 Å². The quantitative estimate of drug-likeness (QED) is 0.617. The molecule has 1 heterocycles. The van der Waals surface area contributed by atoms with Gasteiger partial charge in [-0.15, -0.1) is 0 Å². The first-order valence-electron chi connectivity index (χ1n) is 8.84. The van der Waals surface area contributed by atoms with E-state index in [1.165, 1.54) is 25.3 Å². The molecule has 0 spiro atoms. The third-order valence-electron chi connectivity index (χ3n) is 3.85. The van der Waals surface area contributed by atoms with Crippen LogP contribution < -0.4 is 15.5 Å². The van der Waals surface area contributed by atoms with Crippen molar-refractivity contribution >= 4 is 17.6 Å². The first-order valence-corrected chi connectivity index (χ1v) is 8.84. The molecule has 148 valence electrons. The normalized spacial score (nSPS) is 10.2. The summed E-state index contributed by atoms with van der Waals surface area (Å²) in [5, 5.41) is 2.59. The van der Waals surface area contributed by atoms with Crippen molar-refractivity contribution in [2.24, 2.45) is 0 Å². The van der Waals surface area contributed by atoms with Gasteiger partial charge in [-0.3, -0.25) is 9.59 Å². The van der Waals surface area contributed by atoms with Crippen LogP contribution in [0.3, 0.4) is 0 Å². The zero-order chi connectivity index (χ0) is 20.6. The number of nitrogens with one attached hydrogen (secondary N) is 1. The Morgan fingerprint density at radius 2 is 1.79 bits per heavy atom. The SMILES string of the molecule is CC(=O)Nc1cccc(C(=O)OCc2cc(=O)c(OCc3ccccc3)co2)c1. The average Bonchev–Trinajstić information content (AvgIpc) is 2.72. The lowest BCUT2D eigenvalue weighted by atomic mass is 10.2. The van der Waals surface area contributed by atoms with Crippen LogP contribution in [-0.4, -0.2) is 11.9 Å². The molecule has 1 N–H and O–H groups in total. The number of hydrogen-bond donors (Lipinski definition) is 1. The van der Waals surface area contributed by atoms with Gasteiger partial charge in [0.15, 0.2) is 0 Å². The van der Waals surface area contributed by atoms with Crippen molar-refractivity contribution in [3.63, 3.8) is 0 Å². The summed E-state index contributed by atoms with van der Waals surface area (Å²) in [4.78, 5) is 35.5. The lowest BCUT2D eigenvalue weighted by Gasteiger charge is -2.08. The van der Waals surface area contributed by atoms with Crippen molar-refractivity contribution in [3.8, 4) is 5.75 Å². The second-order valence-electron chi connectivity index (χ2n) is 6.19. The number of hydrogen-bond acceptors (Lipinski definition) is 6. The van der Waals surface area contributed by atoms with Crippen molar-refractivity contribution in [2.75, 3.05) is 5.32 Å². The molecule has 0 bridgehead atoms. The molecule has 0 atom stereocenters. The van der Waals surface area contributed by atoms with Gasteiger partial charge in [0.25, 0.3) is 0 Å². The van der Waals surface area contributed by atoms with Crippen LogP contribution in [0.2, 0.25) is 0 Å². The third kappa shape index (κ3) is 5.80.